The molecule has 0 radical (unpaired) electrons. The predicted molar refractivity (Wildman–Crippen MR) is 58.5 cm³/mol. The molecule has 1 aromatic carbocycles. The van der Waals surface area contributed by atoms with Gasteiger partial charge in [0.2, 0.25) is 10.6 Å². The van der Waals surface area contributed by atoms with E-state index in [1.165, 1.54) is 24.3 Å². The normalized spacial score (nSPS) is 14.1. The van der Waals surface area contributed by atoms with Gasteiger partial charge in [-0.1, -0.05) is 18.2 Å². The number of ether oxygens (including phenoxy) is 1. The number of benzene rings is 1. The average molecular weight is 315 g/mol. The topological polar surface area (TPSA) is 150 Å². The van der Waals surface area contributed by atoms with Crippen molar-refractivity contribution in [3.8, 4) is 0 Å². The smallest absolute Gasteiger partial charge is 0.591 e. The van der Waals surface area contributed by atoms with Crippen LogP contribution in [-0.2, 0) is 10.4 Å². The van der Waals surface area contributed by atoms with Gasteiger partial charge in [-0.05, 0) is 12.1 Å². The number of hydrogen-bond donors (Lipinski definition) is 3. The van der Waals surface area contributed by atoms with Gasteiger partial charge < -0.3 is 25.6 Å². The largest absolute Gasteiger partial charge is 1.00 e. The second-order valence-electron chi connectivity index (χ2n) is 3.30. The standard InChI is InChI=1S/C9H11N5O5.2Na/c1-19-8(10)9(13(17)11-15,14(18)12-16)7-5-3-2-4-6-7;;/h2-6,10,15-16H,1H3;;/q;2*+1. The van der Waals surface area contributed by atoms with E-state index >= 15 is 0 Å². The molecule has 0 saturated carbocycles. The molecule has 12 heteroatoms. The minimum Gasteiger partial charge on any atom is -0.591 e. The Labute approximate surface area is 163 Å². The molecule has 0 aliphatic heterocycles. The quantitative estimate of drug-likeness (QED) is 0.0968. The van der Waals surface area contributed by atoms with Gasteiger partial charge in [-0.3, -0.25) is 5.41 Å². The molecule has 1 aromatic rings. The first-order valence-electron chi connectivity index (χ1n) is 4.89. The third-order valence-corrected chi connectivity index (χ3v) is 2.41. The van der Waals surface area contributed by atoms with Crippen LogP contribution in [0.15, 0.2) is 40.9 Å². The SMILES string of the molecule is COC(=N)C(c1ccccc1)([N+]([O-])=NO)[N+]([O-])=NO.[Na+].[Na+]. The van der Waals surface area contributed by atoms with Gasteiger partial charge in [0.25, 0.3) is 0 Å². The van der Waals surface area contributed by atoms with Gasteiger partial charge in [-0.2, -0.15) is 0 Å². The molecule has 0 aliphatic rings. The first kappa shape index (κ1) is 22.4. The summed E-state index contributed by atoms with van der Waals surface area (Å²) in [5, 5.41) is 52.9. The maximum atomic E-state index is 11.7. The van der Waals surface area contributed by atoms with Gasteiger partial charge in [0.15, 0.2) is 0 Å². The van der Waals surface area contributed by atoms with Crippen molar-refractivity contribution in [1.29, 1.82) is 5.41 Å². The van der Waals surface area contributed by atoms with Crippen LogP contribution in [0.4, 0.5) is 0 Å². The fraction of sp³-hybridized carbons (Fsp3) is 0.222. The van der Waals surface area contributed by atoms with E-state index < -0.39 is 21.3 Å². The van der Waals surface area contributed by atoms with Crippen LogP contribution in [0.3, 0.4) is 0 Å². The molecule has 0 bridgehead atoms. The van der Waals surface area contributed by atoms with Crippen LogP contribution in [0.1, 0.15) is 5.56 Å². The van der Waals surface area contributed by atoms with E-state index in [0.717, 1.165) is 7.11 Å². The van der Waals surface area contributed by atoms with Crippen molar-refractivity contribution in [2.75, 3.05) is 7.11 Å². The Morgan fingerprint density at radius 2 is 1.57 bits per heavy atom. The first-order chi connectivity index (χ1) is 9.05. The molecule has 10 nitrogen and oxygen atoms in total. The Morgan fingerprint density at radius 3 is 1.90 bits per heavy atom. The molecular formula is C9H11N5Na2O5+2. The van der Waals surface area contributed by atoms with Gasteiger partial charge >= 0.3 is 70.7 Å². The van der Waals surface area contributed by atoms with E-state index in [4.69, 9.17) is 15.8 Å². The fourth-order valence-electron chi connectivity index (χ4n) is 1.54. The average Bonchev–Trinajstić information content (AvgIpc) is 2.47. The molecule has 3 N–H and O–H groups in total. The van der Waals surface area contributed by atoms with E-state index in [0.29, 0.717) is 0 Å². The van der Waals surface area contributed by atoms with E-state index in [9.17, 15) is 10.4 Å². The minimum atomic E-state index is -2.60. The van der Waals surface area contributed by atoms with Crippen LogP contribution >= 0.6 is 0 Å². The van der Waals surface area contributed by atoms with Gasteiger partial charge in [-0.25, -0.2) is 0 Å². The molecule has 0 aromatic heterocycles. The second-order valence-corrected chi connectivity index (χ2v) is 3.30. The van der Waals surface area contributed by atoms with E-state index in [1.807, 2.05) is 0 Å². The summed E-state index contributed by atoms with van der Waals surface area (Å²) < 4.78 is 4.57. The summed E-state index contributed by atoms with van der Waals surface area (Å²) >= 11 is 0. The van der Waals surface area contributed by atoms with Crippen molar-refractivity contribution in [3.63, 3.8) is 0 Å². The maximum Gasteiger partial charge on any atom is 1.00 e. The maximum absolute atomic E-state index is 11.7. The molecule has 0 amide bonds. The molecule has 0 aliphatic carbocycles. The Morgan fingerprint density at radius 1 is 1.14 bits per heavy atom. The minimum absolute atomic E-state index is 0. The molecule has 0 unspecified atom stereocenters. The monoisotopic (exact) mass is 315 g/mol. The molecule has 0 atom stereocenters. The first-order valence-corrected chi connectivity index (χ1v) is 4.89. The summed E-state index contributed by atoms with van der Waals surface area (Å²) in [5.41, 5.74) is -2.68. The number of nitrogens with zero attached hydrogens (tertiary/aromatic N) is 4. The molecule has 0 spiro atoms. The zero-order chi connectivity index (χ0) is 14.5. The Kier molecular flexibility index (Phi) is 10.6. The number of nitrogens with one attached hydrogen (secondary N) is 1. The third-order valence-electron chi connectivity index (χ3n) is 2.41. The Balaban J connectivity index is 0. The molecular weight excluding hydrogens is 304 g/mol. The molecule has 0 heterocycles. The van der Waals surface area contributed by atoms with Crippen molar-refractivity contribution in [2.45, 2.75) is 5.66 Å². The van der Waals surface area contributed by atoms with Gasteiger partial charge in [-0.15, -0.1) is 0 Å². The van der Waals surface area contributed by atoms with Gasteiger partial charge in [0.05, 0.1) is 7.11 Å². The van der Waals surface area contributed by atoms with Crippen LogP contribution in [0.2, 0.25) is 0 Å². The zero-order valence-electron chi connectivity index (χ0n) is 11.8. The number of methoxy groups -OCH3 is 1. The van der Waals surface area contributed by atoms with Crippen LogP contribution in [-0.4, -0.2) is 33.1 Å². The number of hydroxylamine groups is 2. The van der Waals surface area contributed by atoms with Gasteiger partial charge in [0.1, 0.15) is 5.56 Å². The van der Waals surface area contributed by atoms with Gasteiger partial charge in [0, 0.05) is 9.72 Å². The zero-order valence-corrected chi connectivity index (χ0v) is 15.8. The molecule has 1 rings (SSSR count). The summed E-state index contributed by atoms with van der Waals surface area (Å²) in [6, 6.07) is 7.16. The molecule has 21 heavy (non-hydrogen) atoms. The molecule has 0 fully saturated rings. The fourth-order valence-corrected chi connectivity index (χ4v) is 1.54. The van der Waals surface area contributed by atoms with E-state index in [1.54, 1.807) is 6.07 Å². The summed E-state index contributed by atoms with van der Waals surface area (Å²) in [6.45, 7) is 0. The summed E-state index contributed by atoms with van der Waals surface area (Å²) in [7, 11) is 1.04. The third kappa shape index (κ3) is 4.05. The summed E-state index contributed by atoms with van der Waals surface area (Å²) in [5.74, 6) is -0.890. The predicted octanol–water partition coefficient (Wildman–Crippen LogP) is -4.83. The van der Waals surface area contributed by atoms with Crippen molar-refractivity contribution in [3.05, 3.63) is 46.3 Å². The Bertz CT molecular complexity index is 507. The van der Waals surface area contributed by atoms with Crippen LogP contribution in [0.25, 0.3) is 0 Å². The number of rotatable bonds is 4. The van der Waals surface area contributed by atoms with Crippen molar-refractivity contribution < 1.29 is 84.0 Å². The van der Waals surface area contributed by atoms with E-state index in [2.05, 4.69) is 15.3 Å². The van der Waals surface area contributed by atoms with Crippen LogP contribution in [0.5, 0.6) is 0 Å². The summed E-state index contributed by atoms with van der Waals surface area (Å²) in [4.78, 5) is -0.998. The van der Waals surface area contributed by atoms with E-state index in [-0.39, 0.29) is 64.7 Å². The number of hydrogen-bond acceptors (Lipinski definition) is 6. The molecule has 102 valence electrons. The van der Waals surface area contributed by atoms with Crippen molar-refractivity contribution >= 4 is 5.90 Å². The molecule has 0 saturated heterocycles. The van der Waals surface area contributed by atoms with Crippen molar-refractivity contribution in [2.24, 2.45) is 10.6 Å². The Hall–Kier alpha value is -0.910. The second kappa shape index (κ2) is 9.92. The summed E-state index contributed by atoms with van der Waals surface area (Å²) in [6.07, 6.45) is 0. The van der Waals surface area contributed by atoms with Crippen molar-refractivity contribution in [1.82, 2.24) is 0 Å². The van der Waals surface area contributed by atoms with Crippen LogP contribution in [0, 0.1) is 15.8 Å². The van der Waals surface area contributed by atoms with Crippen LogP contribution < -0.4 is 59.1 Å².